The van der Waals surface area contributed by atoms with Gasteiger partial charge in [0.1, 0.15) is 0 Å². The summed E-state index contributed by atoms with van der Waals surface area (Å²) in [7, 11) is 0. The molecule has 3 aromatic rings. The Labute approximate surface area is 152 Å². The number of carbonyl (C=O) groups excluding carboxylic acids is 1. The van der Waals surface area contributed by atoms with E-state index in [0.717, 1.165) is 48.8 Å². The average Bonchev–Trinajstić information content (AvgIpc) is 3.05. The van der Waals surface area contributed by atoms with Crippen molar-refractivity contribution in [3.63, 3.8) is 0 Å². The van der Waals surface area contributed by atoms with Gasteiger partial charge in [-0.3, -0.25) is 4.79 Å². The Morgan fingerprint density at radius 2 is 1.88 bits per heavy atom. The van der Waals surface area contributed by atoms with Crippen molar-refractivity contribution in [2.75, 3.05) is 13.1 Å². The SMILES string of the molecule is O=C(c1c[nH]c2cc(Cl)ccc12)N1CCC(Cc2ccccc2)CC1. The predicted molar refractivity (Wildman–Crippen MR) is 102 cm³/mol. The fourth-order valence-corrected chi connectivity index (χ4v) is 3.91. The molecule has 1 aromatic heterocycles. The molecule has 128 valence electrons. The standard InChI is InChI=1S/C21H21ClN2O/c22-17-6-7-18-19(14-23-20(18)13-17)21(25)24-10-8-16(9-11-24)12-15-4-2-1-3-5-15/h1-7,13-14,16,23H,8-12H2. The van der Waals surface area contributed by atoms with E-state index < -0.39 is 0 Å². The molecule has 1 saturated heterocycles. The Bertz CT molecular complexity index is 879. The van der Waals surface area contributed by atoms with E-state index in [4.69, 9.17) is 11.6 Å². The third kappa shape index (κ3) is 3.42. The van der Waals surface area contributed by atoms with Crippen molar-refractivity contribution in [2.24, 2.45) is 5.92 Å². The van der Waals surface area contributed by atoms with E-state index in [1.807, 2.05) is 23.1 Å². The molecule has 3 nitrogen and oxygen atoms in total. The first-order chi connectivity index (χ1) is 12.2. The number of carbonyl (C=O) groups is 1. The molecule has 0 aliphatic carbocycles. The zero-order valence-corrected chi connectivity index (χ0v) is 14.8. The summed E-state index contributed by atoms with van der Waals surface area (Å²) in [5, 5.41) is 1.62. The van der Waals surface area contributed by atoms with Gasteiger partial charge in [-0.1, -0.05) is 48.0 Å². The third-order valence-corrected chi connectivity index (χ3v) is 5.38. The molecule has 2 aromatic carbocycles. The second-order valence-corrected chi connectivity index (χ2v) is 7.25. The zero-order valence-electron chi connectivity index (χ0n) is 14.0. The number of halogens is 1. The number of hydrogen-bond donors (Lipinski definition) is 1. The van der Waals surface area contributed by atoms with Gasteiger partial charge in [0.05, 0.1) is 5.56 Å². The van der Waals surface area contributed by atoms with E-state index in [1.54, 1.807) is 6.20 Å². The van der Waals surface area contributed by atoms with Gasteiger partial charge in [-0.05, 0) is 42.9 Å². The molecule has 0 bridgehead atoms. The van der Waals surface area contributed by atoms with Crippen LogP contribution in [0.5, 0.6) is 0 Å². The number of benzene rings is 2. The van der Waals surface area contributed by atoms with E-state index in [-0.39, 0.29) is 5.91 Å². The molecule has 1 aliphatic heterocycles. The van der Waals surface area contributed by atoms with Crippen LogP contribution >= 0.6 is 11.6 Å². The van der Waals surface area contributed by atoms with E-state index in [1.165, 1.54) is 5.56 Å². The minimum absolute atomic E-state index is 0.117. The first kappa shape index (κ1) is 16.2. The minimum Gasteiger partial charge on any atom is -0.360 e. The molecule has 0 atom stereocenters. The first-order valence-corrected chi connectivity index (χ1v) is 9.18. The quantitative estimate of drug-likeness (QED) is 0.713. The normalized spacial score (nSPS) is 15.6. The maximum absolute atomic E-state index is 12.9. The molecule has 0 radical (unpaired) electrons. The van der Waals surface area contributed by atoms with Crippen LogP contribution in [0.25, 0.3) is 10.9 Å². The van der Waals surface area contributed by atoms with E-state index in [2.05, 4.69) is 35.3 Å². The van der Waals surface area contributed by atoms with Crippen LogP contribution in [0, 0.1) is 5.92 Å². The van der Waals surface area contributed by atoms with Crippen LogP contribution in [0.3, 0.4) is 0 Å². The lowest BCUT2D eigenvalue weighted by Crippen LogP contribution is -2.38. The molecule has 0 unspecified atom stereocenters. The van der Waals surface area contributed by atoms with Gasteiger partial charge in [-0.25, -0.2) is 0 Å². The number of amides is 1. The lowest BCUT2D eigenvalue weighted by molar-refractivity contribution is 0.0692. The summed E-state index contributed by atoms with van der Waals surface area (Å²) in [6, 6.07) is 16.2. The fourth-order valence-electron chi connectivity index (χ4n) is 3.73. The molecular weight excluding hydrogens is 332 g/mol. The number of hydrogen-bond acceptors (Lipinski definition) is 1. The van der Waals surface area contributed by atoms with Crippen LogP contribution in [0.1, 0.15) is 28.8 Å². The lowest BCUT2D eigenvalue weighted by atomic mass is 9.90. The Kier molecular flexibility index (Phi) is 4.50. The predicted octanol–water partition coefficient (Wildman–Crippen LogP) is 4.92. The number of rotatable bonds is 3. The van der Waals surface area contributed by atoms with Crippen LogP contribution in [0.15, 0.2) is 54.7 Å². The van der Waals surface area contributed by atoms with Gasteiger partial charge in [-0.2, -0.15) is 0 Å². The summed E-state index contributed by atoms with van der Waals surface area (Å²) in [5.41, 5.74) is 3.05. The summed E-state index contributed by atoms with van der Waals surface area (Å²) >= 11 is 6.02. The Balaban J connectivity index is 1.42. The number of aromatic nitrogens is 1. The summed E-state index contributed by atoms with van der Waals surface area (Å²) in [6.45, 7) is 1.66. The molecule has 4 heteroatoms. The highest BCUT2D eigenvalue weighted by atomic mass is 35.5. The molecule has 0 saturated carbocycles. The van der Waals surface area contributed by atoms with Crippen LogP contribution in [0.4, 0.5) is 0 Å². The number of nitrogens with one attached hydrogen (secondary N) is 1. The highest BCUT2D eigenvalue weighted by molar-refractivity contribution is 6.31. The van der Waals surface area contributed by atoms with Crippen LogP contribution in [-0.4, -0.2) is 28.9 Å². The number of H-pyrrole nitrogens is 1. The van der Waals surface area contributed by atoms with Crippen molar-refractivity contribution >= 4 is 28.4 Å². The number of nitrogens with zero attached hydrogens (tertiary/aromatic N) is 1. The molecule has 0 spiro atoms. The van der Waals surface area contributed by atoms with Gasteiger partial charge >= 0.3 is 0 Å². The third-order valence-electron chi connectivity index (χ3n) is 5.14. The maximum atomic E-state index is 12.9. The molecule has 1 aliphatic rings. The van der Waals surface area contributed by atoms with E-state index in [9.17, 15) is 4.79 Å². The average molecular weight is 353 g/mol. The fraction of sp³-hybridized carbons (Fsp3) is 0.286. The second kappa shape index (κ2) is 6.93. The van der Waals surface area contributed by atoms with Gasteiger partial charge in [0.25, 0.3) is 5.91 Å². The van der Waals surface area contributed by atoms with Gasteiger partial charge in [0, 0.05) is 35.2 Å². The monoisotopic (exact) mass is 352 g/mol. The Hall–Kier alpha value is -2.26. The molecular formula is C21H21ClN2O. The van der Waals surface area contributed by atoms with Gasteiger partial charge in [-0.15, -0.1) is 0 Å². The van der Waals surface area contributed by atoms with E-state index >= 15 is 0 Å². The Morgan fingerprint density at radius 1 is 1.12 bits per heavy atom. The van der Waals surface area contributed by atoms with Gasteiger partial charge < -0.3 is 9.88 Å². The molecule has 1 N–H and O–H groups in total. The largest absolute Gasteiger partial charge is 0.360 e. The lowest BCUT2D eigenvalue weighted by Gasteiger charge is -2.32. The van der Waals surface area contributed by atoms with Crippen molar-refractivity contribution in [1.82, 2.24) is 9.88 Å². The summed E-state index contributed by atoms with van der Waals surface area (Å²) in [5.74, 6) is 0.778. The highest BCUT2D eigenvalue weighted by Crippen LogP contribution is 2.26. The molecule has 25 heavy (non-hydrogen) atoms. The summed E-state index contributed by atoms with van der Waals surface area (Å²) in [6.07, 6.45) is 5.04. The smallest absolute Gasteiger partial charge is 0.256 e. The van der Waals surface area contributed by atoms with Crippen molar-refractivity contribution in [3.05, 3.63) is 70.9 Å². The molecule has 1 amide bonds. The van der Waals surface area contributed by atoms with Crippen LogP contribution in [-0.2, 0) is 6.42 Å². The maximum Gasteiger partial charge on any atom is 0.256 e. The van der Waals surface area contributed by atoms with Crippen molar-refractivity contribution in [1.29, 1.82) is 0 Å². The zero-order chi connectivity index (χ0) is 17.2. The summed E-state index contributed by atoms with van der Waals surface area (Å²) in [4.78, 5) is 18.0. The Morgan fingerprint density at radius 3 is 2.64 bits per heavy atom. The molecule has 1 fully saturated rings. The van der Waals surface area contributed by atoms with Crippen LogP contribution in [0.2, 0.25) is 5.02 Å². The van der Waals surface area contributed by atoms with E-state index in [0.29, 0.717) is 10.9 Å². The number of aromatic amines is 1. The molecule has 4 rings (SSSR count). The topological polar surface area (TPSA) is 36.1 Å². The number of likely N-dealkylation sites (tertiary alicyclic amines) is 1. The van der Waals surface area contributed by atoms with Gasteiger partial charge in [0.2, 0.25) is 0 Å². The first-order valence-electron chi connectivity index (χ1n) is 8.80. The number of piperidine rings is 1. The highest BCUT2D eigenvalue weighted by Gasteiger charge is 2.25. The second-order valence-electron chi connectivity index (χ2n) is 6.82. The van der Waals surface area contributed by atoms with Crippen molar-refractivity contribution in [3.8, 4) is 0 Å². The summed E-state index contributed by atoms with van der Waals surface area (Å²) < 4.78 is 0. The minimum atomic E-state index is 0.117. The van der Waals surface area contributed by atoms with Crippen molar-refractivity contribution in [2.45, 2.75) is 19.3 Å². The van der Waals surface area contributed by atoms with Gasteiger partial charge in [0.15, 0.2) is 0 Å². The number of fused-ring (bicyclic) bond motifs is 1. The van der Waals surface area contributed by atoms with Crippen LogP contribution < -0.4 is 0 Å². The van der Waals surface area contributed by atoms with Crippen molar-refractivity contribution < 1.29 is 4.79 Å². The molecule has 2 heterocycles.